The van der Waals surface area contributed by atoms with E-state index in [9.17, 15) is 14.0 Å². The van der Waals surface area contributed by atoms with E-state index >= 15 is 0 Å². The first-order valence-corrected chi connectivity index (χ1v) is 11.4. The summed E-state index contributed by atoms with van der Waals surface area (Å²) in [6, 6.07) is 13.6. The molecule has 3 aromatic rings. The number of hydrogen-bond acceptors (Lipinski definition) is 4. The van der Waals surface area contributed by atoms with Crippen molar-refractivity contribution in [2.45, 2.75) is 45.2 Å². The second-order valence-electron chi connectivity index (χ2n) is 8.55. The van der Waals surface area contributed by atoms with Crippen molar-refractivity contribution in [1.29, 1.82) is 0 Å². The highest BCUT2D eigenvalue weighted by molar-refractivity contribution is 5.95. The van der Waals surface area contributed by atoms with Crippen molar-refractivity contribution in [2.24, 2.45) is 0 Å². The third kappa shape index (κ3) is 4.98. The minimum atomic E-state index is -0.463. The van der Waals surface area contributed by atoms with E-state index in [-0.39, 0.29) is 29.3 Å². The van der Waals surface area contributed by atoms with Crippen LogP contribution >= 0.6 is 0 Å². The first-order chi connectivity index (χ1) is 16.4. The number of benzene rings is 2. The first kappa shape index (κ1) is 23.5. The molecule has 1 amide bonds. The smallest absolute Gasteiger partial charge is 0.257 e. The largest absolute Gasteiger partial charge is 0.493 e. The van der Waals surface area contributed by atoms with Crippen molar-refractivity contribution in [1.82, 2.24) is 9.88 Å². The molecule has 0 radical (unpaired) electrons. The lowest BCUT2D eigenvalue weighted by molar-refractivity contribution is 0.0947. The van der Waals surface area contributed by atoms with Gasteiger partial charge in [0.15, 0.2) is 16.9 Å². The van der Waals surface area contributed by atoms with E-state index in [0.29, 0.717) is 30.0 Å². The number of nitrogens with one attached hydrogen (secondary N) is 1. The number of carbonyl (C=O) groups is 1. The number of carbonyl (C=O) groups excluding carboxylic acids is 1. The van der Waals surface area contributed by atoms with Crippen molar-refractivity contribution in [2.75, 3.05) is 14.2 Å². The lowest BCUT2D eigenvalue weighted by Crippen LogP contribution is -2.32. The standard InChI is InChI=1S/C27H29FN2O4/c1-17-14-22(31)25(27(32)29-16-20-6-4-5-7-21(20)28)26(19-9-10-19)30(17)13-12-18-8-11-23(33-2)24(15-18)34-3/h4-8,11,14-15,19H,9-10,12-13,16H2,1-3H3,(H,29,32). The number of hydrogen-bond donors (Lipinski definition) is 1. The Morgan fingerprint density at radius 3 is 2.50 bits per heavy atom. The summed E-state index contributed by atoms with van der Waals surface area (Å²) in [4.78, 5) is 26.0. The van der Waals surface area contributed by atoms with Gasteiger partial charge in [0.2, 0.25) is 0 Å². The molecule has 1 aliphatic rings. The SMILES string of the molecule is COc1ccc(CCn2c(C)cc(=O)c(C(=O)NCc3ccccc3F)c2C2CC2)cc1OC. The monoisotopic (exact) mass is 464 g/mol. The zero-order chi connectivity index (χ0) is 24.2. The lowest BCUT2D eigenvalue weighted by atomic mass is 10.0. The van der Waals surface area contributed by atoms with E-state index < -0.39 is 5.91 Å². The number of nitrogens with zero attached hydrogens (tertiary/aromatic N) is 1. The summed E-state index contributed by atoms with van der Waals surface area (Å²) in [5.74, 6) is 0.647. The summed E-state index contributed by atoms with van der Waals surface area (Å²) in [6.45, 7) is 2.53. The predicted molar refractivity (Wildman–Crippen MR) is 128 cm³/mol. The Bertz CT molecular complexity index is 1260. The Hall–Kier alpha value is -3.61. The molecule has 1 saturated carbocycles. The molecule has 178 valence electrons. The molecular formula is C27H29FN2O4. The Balaban J connectivity index is 1.61. The number of halogens is 1. The van der Waals surface area contributed by atoms with Gasteiger partial charge in [0.1, 0.15) is 11.4 Å². The molecule has 0 saturated heterocycles. The van der Waals surface area contributed by atoms with Crippen LogP contribution < -0.4 is 20.2 Å². The van der Waals surface area contributed by atoms with E-state index in [0.717, 1.165) is 29.8 Å². The molecule has 0 bridgehead atoms. The van der Waals surface area contributed by atoms with Crippen molar-refractivity contribution in [3.05, 3.63) is 92.6 Å². The van der Waals surface area contributed by atoms with Gasteiger partial charge in [0, 0.05) is 42.0 Å². The summed E-state index contributed by atoms with van der Waals surface area (Å²) in [7, 11) is 3.20. The second-order valence-corrected chi connectivity index (χ2v) is 8.55. The van der Waals surface area contributed by atoms with Gasteiger partial charge < -0.3 is 19.4 Å². The van der Waals surface area contributed by atoms with Crippen molar-refractivity contribution in [3.8, 4) is 11.5 Å². The fourth-order valence-corrected chi connectivity index (χ4v) is 4.28. The average molecular weight is 465 g/mol. The summed E-state index contributed by atoms with van der Waals surface area (Å²) >= 11 is 0. The second kappa shape index (κ2) is 10.1. The number of amides is 1. The normalized spacial score (nSPS) is 12.9. The molecule has 1 fully saturated rings. The average Bonchev–Trinajstić information content (AvgIpc) is 3.67. The van der Waals surface area contributed by atoms with Crippen LogP contribution in [0.4, 0.5) is 4.39 Å². The number of rotatable bonds is 9. The Morgan fingerprint density at radius 1 is 1.09 bits per heavy atom. The molecule has 7 heteroatoms. The van der Waals surface area contributed by atoms with Crippen LogP contribution in [0.15, 0.2) is 53.3 Å². The molecular weight excluding hydrogens is 435 g/mol. The predicted octanol–water partition coefficient (Wildman–Crippen LogP) is 4.36. The van der Waals surface area contributed by atoms with Crippen LogP contribution in [0.5, 0.6) is 11.5 Å². The maximum atomic E-state index is 14.0. The van der Waals surface area contributed by atoms with Gasteiger partial charge >= 0.3 is 0 Å². The fourth-order valence-electron chi connectivity index (χ4n) is 4.28. The molecule has 0 spiro atoms. The van der Waals surface area contributed by atoms with Crippen LogP contribution in [0.2, 0.25) is 0 Å². The molecule has 34 heavy (non-hydrogen) atoms. The van der Waals surface area contributed by atoms with E-state index in [1.54, 1.807) is 32.4 Å². The van der Waals surface area contributed by atoms with Crippen LogP contribution in [0, 0.1) is 12.7 Å². The summed E-state index contributed by atoms with van der Waals surface area (Å²) in [6.07, 6.45) is 2.57. The summed E-state index contributed by atoms with van der Waals surface area (Å²) in [5, 5.41) is 2.75. The van der Waals surface area contributed by atoms with Crippen LogP contribution in [0.1, 0.15) is 51.6 Å². The van der Waals surface area contributed by atoms with Gasteiger partial charge in [-0.3, -0.25) is 9.59 Å². The maximum Gasteiger partial charge on any atom is 0.257 e. The zero-order valence-corrected chi connectivity index (χ0v) is 19.7. The van der Waals surface area contributed by atoms with Crippen LogP contribution in [0.3, 0.4) is 0 Å². The Kier molecular flexibility index (Phi) is 7.01. The third-order valence-corrected chi connectivity index (χ3v) is 6.22. The number of ether oxygens (including phenoxy) is 2. The highest BCUT2D eigenvalue weighted by Crippen LogP contribution is 2.41. The van der Waals surface area contributed by atoms with Crippen LogP contribution in [-0.2, 0) is 19.5 Å². The highest BCUT2D eigenvalue weighted by Gasteiger charge is 2.33. The van der Waals surface area contributed by atoms with E-state index in [1.165, 1.54) is 12.1 Å². The molecule has 1 heterocycles. The number of pyridine rings is 1. The topological polar surface area (TPSA) is 69.6 Å². The molecule has 4 rings (SSSR count). The Labute approximate surface area is 198 Å². The fraction of sp³-hybridized carbons (Fsp3) is 0.333. The van der Waals surface area contributed by atoms with Gasteiger partial charge in [0.05, 0.1) is 14.2 Å². The summed E-state index contributed by atoms with van der Waals surface area (Å²) in [5.41, 5.74) is 2.90. The van der Waals surface area contributed by atoms with Crippen molar-refractivity contribution < 1.29 is 18.7 Å². The molecule has 0 unspecified atom stereocenters. The molecule has 0 atom stereocenters. The zero-order valence-electron chi connectivity index (χ0n) is 19.7. The van der Waals surface area contributed by atoms with Gasteiger partial charge in [-0.15, -0.1) is 0 Å². The van der Waals surface area contributed by atoms with E-state index in [2.05, 4.69) is 9.88 Å². The van der Waals surface area contributed by atoms with Gasteiger partial charge in [-0.1, -0.05) is 24.3 Å². The number of aryl methyl sites for hydroxylation is 2. The Morgan fingerprint density at radius 2 is 1.82 bits per heavy atom. The molecule has 1 N–H and O–H groups in total. The number of aromatic nitrogens is 1. The minimum absolute atomic E-state index is 0.0224. The minimum Gasteiger partial charge on any atom is -0.493 e. The summed E-state index contributed by atoms with van der Waals surface area (Å²) < 4.78 is 26.8. The molecule has 0 aliphatic heterocycles. The quantitative estimate of drug-likeness (QED) is 0.511. The van der Waals surface area contributed by atoms with Gasteiger partial charge in [0.25, 0.3) is 5.91 Å². The highest BCUT2D eigenvalue weighted by atomic mass is 19.1. The van der Waals surface area contributed by atoms with Crippen molar-refractivity contribution >= 4 is 5.91 Å². The van der Waals surface area contributed by atoms with Crippen LogP contribution in [0.25, 0.3) is 0 Å². The molecule has 2 aromatic carbocycles. The first-order valence-electron chi connectivity index (χ1n) is 11.4. The maximum absolute atomic E-state index is 14.0. The number of methoxy groups -OCH3 is 2. The van der Waals surface area contributed by atoms with E-state index in [4.69, 9.17) is 9.47 Å². The molecule has 1 aromatic heterocycles. The van der Waals surface area contributed by atoms with Gasteiger partial charge in [-0.2, -0.15) is 0 Å². The third-order valence-electron chi connectivity index (χ3n) is 6.22. The van der Waals surface area contributed by atoms with E-state index in [1.807, 2.05) is 25.1 Å². The molecule has 1 aliphatic carbocycles. The van der Waals surface area contributed by atoms with Crippen molar-refractivity contribution in [3.63, 3.8) is 0 Å². The van der Waals surface area contributed by atoms with Crippen LogP contribution in [-0.4, -0.2) is 24.7 Å². The molecule has 6 nitrogen and oxygen atoms in total. The van der Waals surface area contributed by atoms with Gasteiger partial charge in [-0.05, 0) is 49.9 Å². The van der Waals surface area contributed by atoms with Gasteiger partial charge in [-0.25, -0.2) is 4.39 Å². The lowest BCUT2D eigenvalue weighted by Gasteiger charge is -2.20.